The number of pyridine rings is 1. The molecule has 1 aromatic heterocycles. The molecule has 5 rings (SSSR count). The summed E-state index contributed by atoms with van der Waals surface area (Å²) >= 11 is 0. The first kappa shape index (κ1) is 30.9. The van der Waals surface area contributed by atoms with E-state index in [-0.39, 0.29) is 23.9 Å². The van der Waals surface area contributed by atoms with Crippen molar-refractivity contribution in [2.75, 3.05) is 37.7 Å². The van der Waals surface area contributed by atoms with Gasteiger partial charge in [0.25, 0.3) is 17.4 Å². The number of hydrogen-bond donors (Lipinski definition) is 2. The van der Waals surface area contributed by atoms with E-state index < -0.39 is 0 Å². The van der Waals surface area contributed by atoms with Crippen LogP contribution in [0.2, 0.25) is 0 Å². The maximum absolute atomic E-state index is 13.7. The van der Waals surface area contributed by atoms with Gasteiger partial charge in [-0.05, 0) is 85.8 Å². The van der Waals surface area contributed by atoms with Crippen molar-refractivity contribution >= 4 is 17.5 Å². The van der Waals surface area contributed by atoms with Crippen LogP contribution in [-0.4, -0.2) is 54.5 Å². The Morgan fingerprint density at radius 1 is 0.932 bits per heavy atom. The third-order valence-corrected chi connectivity index (χ3v) is 8.21. The van der Waals surface area contributed by atoms with Gasteiger partial charge < -0.3 is 19.9 Å². The minimum absolute atomic E-state index is 0.0932. The van der Waals surface area contributed by atoms with Crippen LogP contribution < -0.4 is 15.8 Å². The number of carbonyl (C=O) groups is 2. The van der Waals surface area contributed by atoms with Gasteiger partial charge in [-0.1, -0.05) is 42.5 Å². The molecule has 2 N–H and O–H groups in total. The van der Waals surface area contributed by atoms with Gasteiger partial charge in [0.05, 0.1) is 13.2 Å². The van der Waals surface area contributed by atoms with Crippen LogP contribution in [0.1, 0.15) is 55.6 Å². The minimum Gasteiger partial charge on any atom is -0.379 e. The Bertz CT molecular complexity index is 1690. The molecule has 0 unspecified atom stereocenters. The van der Waals surface area contributed by atoms with E-state index in [1.807, 2.05) is 64.1 Å². The Balaban J connectivity index is 1.50. The molecule has 44 heavy (non-hydrogen) atoms. The molecule has 3 aromatic carbocycles. The molecule has 2 amide bonds. The van der Waals surface area contributed by atoms with E-state index in [0.29, 0.717) is 34.5 Å². The number of aromatic nitrogens is 1. The van der Waals surface area contributed by atoms with Crippen LogP contribution in [0.3, 0.4) is 0 Å². The fourth-order valence-corrected chi connectivity index (χ4v) is 5.73. The zero-order chi connectivity index (χ0) is 31.2. The number of amides is 2. The summed E-state index contributed by atoms with van der Waals surface area (Å²) in [5, 5.41) is 2.96. The number of ether oxygens (including phenoxy) is 1. The quantitative estimate of drug-likeness (QED) is 0.272. The second kappa shape index (κ2) is 13.8. The zero-order valence-corrected chi connectivity index (χ0v) is 25.9. The number of nitrogens with zero attached hydrogens (tertiary/aromatic N) is 2. The normalized spacial score (nSPS) is 13.5. The number of rotatable bonds is 9. The molecule has 8 nitrogen and oxygen atoms in total. The van der Waals surface area contributed by atoms with E-state index in [4.69, 9.17) is 4.74 Å². The van der Waals surface area contributed by atoms with Crippen LogP contribution in [0, 0.1) is 20.8 Å². The van der Waals surface area contributed by atoms with Crippen molar-refractivity contribution in [3.8, 4) is 11.1 Å². The summed E-state index contributed by atoms with van der Waals surface area (Å²) in [6.07, 6.45) is 0. The molecule has 0 bridgehead atoms. The fourth-order valence-electron chi connectivity index (χ4n) is 5.73. The lowest BCUT2D eigenvalue weighted by molar-refractivity contribution is 0.0342. The van der Waals surface area contributed by atoms with Gasteiger partial charge in [0.15, 0.2) is 0 Å². The van der Waals surface area contributed by atoms with Crippen LogP contribution in [0.25, 0.3) is 11.1 Å². The Hall–Kier alpha value is -4.53. The third-order valence-electron chi connectivity index (χ3n) is 8.21. The van der Waals surface area contributed by atoms with Gasteiger partial charge in [-0.15, -0.1) is 0 Å². The summed E-state index contributed by atoms with van der Waals surface area (Å²) in [5.74, 6) is -0.445. The number of morpholine rings is 1. The Labute approximate surface area is 258 Å². The molecule has 228 valence electrons. The number of aryl methyl sites for hydroxylation is 2. The van der Waals surface area contributed by atoms with E-state index in [2.05, 4.69) is 39.5 Å². The zero-order valence-electron chi connectivity index (χ0n) is 25.9. The van der Waals surface area contributed by atoms with E-state index >= 15 is 0 Å². The van der Waals surface area contributed by atoms with Gasteiger partial charge in [-0.2, -0.15) is 0 Å². The summed E-state index contributed by atoms with van der Waals surface area (Å²) in [6.45, 7) is 12.2. The average molecular weight is 593 g/mol. The lowest BCUT2D eigenvalue weighted by Crippen LogP contribution is -2.35. The fraction of sp³-hybridized carbons (Fsp3) is 0.306. The summed E-state index contributed by atoms with van der Waals surface area (Å²) < 4.78 is 5.48. The summed E-state index contributed by atoms with van der Waals surface area (Å²) in [6, 6.07) is 23.3. The van der Waals surface area contributed by atoms with Crippen molar-refractivity contribution in [2.45, 2.75) is 40.8 Å². The first-order valence-corrected chi connectivity index (χ1v) is 15.1. The number of benzene rings is 3. The van der Waals surface area contributed by atoms with E-state index in [1.54, 1.807) is 17.0 Å². The number of anilines is 1. The van der Waals surface area contributed by atoms with Gasteiger partial charge in [0, 0.05) is 60.8 Å². The SMILES string of the molecule is CCN(C(=O)c1ccccc1)c1cc(-c2ccc(CN3CCOCC3)cc2)cc(C(=O)NCc2c(C)cc(C)[nH]c2=O)c1C. The predicted molar refractivity (Wildman–Crippen MR) is 174 cm³/mol. The van der Waals surface area contributed by atoms with Crippen LogP contribution in [-0.2, 0) is 17.8 Å². The Kier molecular flexibility index (Phi) is 9.72. The molecule has 0 atom stereocenters. The number of aromatic amines is 1. The molecular formula is C36H40N4O4. The van der Waals surface area contributed by atoms with Crippen molar-refractivity contribution < 1.29 is 14.3 Å². The second-order valence-corrected chi connectivity index (χ2v) is 11.3. The highest BCUT2D eigenvalue weighted by Gasteiger charge is 2.23. The smallest absolute Gasteiger partial charge is 0.258 e. The molecule has 0 radical (unpaired) electrons. The van der Waals surface area contributed by atoms with Crippen molar-refractivity contribution in [1.82, 2.24) is 15.2 Å². The van der Waals surface area contributed by atoms with Crippen molar-refractivity contribution in [1.29, 1.82) is 0 Å². The molecule has 0 saturated carbocycles. The number of hydrogen-bond acceptors (Lipinski definition) is 5. The topological polar surface area (TPSA) is 94.7 Å². The summed E-state index contributed by atoms with van der Waals surface area (Å²) in [4.78, 5) is 46.9. The van der Waals surface area contributed by atoms with E-state index in [9.17, 15) is 14.4 Å². The molecule has 1 fully saturated rings. The van der Waals surface area contributed by atoms with Gasteiger partial charge in [0.2, 0.25) is 0 Å². The van der Waals surface area contributed by atoms with Gasteiger partial charge in [-0.3, -0.25) is 19.3 Å². The largest absolute Gasteiger partial charge is 0.379 e. The third kappa shape index (κ3) is 6.98. The molecule has 8 heteroatoms. The van der Waals surface area contributed by atoms with Crippen molar-refractivity contribution in [3.63, 3.8) is 0 Å². The number of nitrogens with one attached hydrogen (secondary N) is 2. The molecule has 0 aliphatic carbocycles. The van der Waals surface area contributed by atoms with Crippen molar-refractivity contribution in [3.05, 3.63) is 122 Å². The van der Waals surface area contributed by atoms with Crippen LogP contribution in [0.4, 0.5) is 5.69 Å². The van der Waals surface area contributed by atoms with Gasteiger partial charge >= 0.3 is 0 Å². The highest BCUT2D eigenvalue weighted by Crippen LogP contribution is 2.32. The van der Waals surface area contributed by atoms with Gasteiger partial charge in [0.1, 0.15) is 0 Å². The maximum Gasteiger partial charge on any atom is 0.258 e. The molecule has 1 aliphatic heterocycles. The monoisotopic (exact) mass is 592 g/mol. The molecular weight excluding hydrogens is 552 g/mol. The van der Waals surface area contributed by atoms with Crippen molar-refractivity contribution in [2.24, 2.45) is 0 Å². The lowest BCUT2D eigenvalue weighted by atomic mass is 9.95. The molecule has 4 aromatic rings. The first-order chi connectivity index (χ1) is 21.2. The van der Waals surface area contributed by atoms with Gasteiger partial charge in [-0.25, -0.2) is 0 Å². The molecule has 2 heterocycles. The highest BCUT2D eigenvalue weighted by atomic mass is 16.5. The maximum atomic E-state index is 13.7. The highest BCUT2D eigenvalue weighted by molar-refractivity contribution is 6.08. The standard InChI is InChI=1S/C36H40N4O4/c1-5-40(36(43)29-9-7-6-8-10-29)33-21-30(28-13-11-27(12-14-28)23-39-15-17-44-18-16-39)20-31(26(33)4)34(41)37-22-32-24(2)19-25(3)38-35(32)42/h6-14,19-21H,5,15-18,22-23H2,1-4H3,(H,37,41)(H,38,42). The molecule has 1 aliphatic rings. The molecule has 1 saturated heterocycles. The van der Waals surface area contributed by atoms with Crippen LogP contribution >= 0.6 is 0 Å². The van der Waals surface area contributed by atoms with Crippen LogP contribution in [0.15, 0.2) is 77.6 Å². The number of H-pyrrole nitrogens is 1. The van der Waals surface area contributed by atoms with Crippen LogP contribution in [0.5, 0.6) is 0 Å². The minimum atomic E-state index is -0.308. The summed E-state index contributed by atoms with van der Waals surface area (Å²) in [7, 11) is 0. The van der Waals surface area contributed by atoms with E-state index in [0.717, 1.165) is 55.2 Å². The average Bonchev–Trinajstić information content (AvgIpc) is 3.03. The Morgan fingerprint density at radius 2 is 1.64 bits per heavy atom. The first-order valence-electron chi connectivity index (χ1n) is 15.1. The lowest BCUT2D eigenvalue weighted by Gasteiger charge is -2.27. The summed E-state index contributed by atoms with van der Waals surface area (Å²) in [5.41, 5.74) is 7.27. The number of carbonyl (C=O) groups excluding carboxylic acids is 2. The second-order valence-electron chi connectivity index (χ2n) is 11.3. The molecule has 0 spiro atoms. The van der Waals surface area contributed by atoms with E-state index in [1.165, 1.54) is 5.56 Å². The predicted octanol–water partition coefficient (Wildman–Crippen LogP) is 5.40. The Morgan fingerprint density at radius 3 is 2.30 bits per heavy atom.